The average Bonchev–Trinajstić information content (AvgIpc) is 2.40. The molecule has 2 rings (SSSR count). The lowest BCUT2D eigenvalue weighted by Crippen LogP contribution is -2.11. The van der Waals surface area contributed by atoms with Crippen molar-refractivity contribution in [3.05, 3.63) is 69.7 Å². The minimum absolute atomic E-state index is 0.0286. The van der Waals surface area contributed by atoms with Gasteiger partial charge in [-0.1, -0.05) is 68.8 Å². The third-order valence-electron chi connectivity index (χ3n) is 3.45. The summed E-state index contributed by atoms with van der Waals surface area (Å²) < 4.78 is 0. The van der Waals surface area contributed by atoms with Gasteiger partial charge in [0.1, 0.15) is 0 Å². The van der Waals surface area contributed by atoms with Crippen LogP contribution in [-0.4, -0.2) is 5.78 Å². The maximum Gasteiger partial charge on any atom is 0.194 e. The van der Waals surface area contributed by atoms with Crippen molar-refractivity contribution in [1.29, 1.82) is 0 Å². The highest BCUT2D eigenvalue weighted by Crippen LogP contribution is 2.25. The molecule has 0 aliphatic rings. The molecule has 0 saturated carbocycles. The van der Waals surface area contributed by atoms with Crippen LogP contribution in [0.15, 0.2) is 42.5 Å². The first kappa shape index (κ1) is 14.8. The van der Waals surface area contributed by atoms with Gasteiger partial charge in [0, 0.05) is 11.1 Å². The van der Waals surface area contributed by atoms with Gasteiger partial charge in [-0.05, 0) is 29.5 Å². The number of carbonyl (C=O) groups excluding carboxylic acids is 1. The van der Waals surface area contributed by atoms with Crippen LogP contribution < -0.4 is 0 Å². The number of hydrogen-bond acceptors (Lipinski definition) is 1. The molecule has 2 heteroatoms. The van der Waals surface area contributed by atoms with Gasteiger partial charge in [0.2, 0.25) is 0 Å². The molecule has 0 aromatic heterocycles. The highest BCUT2D eigenvalue weighted by atomic mass is 35.5. The van der Waals surface area contributed by atoms with Gasteiger partial charge in [-0.3, -0.25) is 4.79 Å². The lowest BCUT2D eigenvalue weighted by molar-refractivity contribution is 0.103. The van der Waals surface area contributed by atoms with E-state index in [0.717, 1.165) is 5.56 Å². The number of hydrogen-bond donors (Lipinski definition) is 0. The molecule has 1 nitrogen and oxygen atoms in total. The van der Waals surface area contributed by atoms with Crippen LogP contribution >= 0.6 is 11.6 Å². The molecule has 0 radical (unpaired) electrons. The van der Waals surface area contributed by atoms with Crippen LogP contribution in [0.5, 0.6) is 0 Å². The number of rotatable bonds is 2. The van der Waals surface area contributed by atoms with Gasteiger partial charge in [-0.25, -0.2) is 0 Å². The van der Waals surface area contributed by atoms with Gasteiger partial charge >= 0.3 is 0 Å². The van der Waals surface area contributed by atoms with E-state index in [9.17, 15) is 4.79 Å². The van der Waals surface area contributed by atoms with Crippen molar-refractivity contribution in [2.24, 2.45) is 0 Å². The molecule has 0 bridgehead atoms. The standard InChI is InChI=1S/C18H19ClO/c1-12-6-5-7-15(16(12)19)17(20)13-8-10-14(11-9-13)18(2,3)4/h5-11H,1-4H3. The summed E-state index contributed by atoms with van der Waals surface area (Å²) in [4.78, 5) is 12.5. The Morgan fingerprint density at radius 3 is 2.15 bits per heavy atom. The Kier molecular flexibility index (Phi) is 4.01. The zero-order valence-corrected chi connectivity index (χ0v) is 13.1. The molecule has 0 aliphatic heterocycles. The molecule has 0 unspecified atom stereocenters. The molecule has 0 atom stereocenters. The SMILES string of the molecule is Cc1cccc(C(=O)c2ccc(C(C)(C)C)cc2)c1Cl. The smallest absolute Gasteiger partial charge is 0.194 e. The van der Waals surface area contributed by atoms with E-state index in [1.54, 1.807) is 6.07 Å². The van der Waals surface area contributed by atoms with Crippen LogP contribution in [0.2, 0.25) is 5.02 Å². The largest absolute Gasteiger partial charge is 0.289 e. The Balaban J connectivity index is 2.37. The second-order valence-electron chi connectivity index (χ2n) is 6.09. The summed E-state index contributed by atoms with van der Waals surface area (Å²) >= 11 is 6.22. The van der Waals surface area contributed by atoms with Crippen molar-refractivity contribution in [2.75, 3.05) is 0 Å². The third kappa shape index (κ3) is 2.94. The summed E-state index contributed by atoms with van der Waals surface area (Å²) in [6.07, 6.45) is 0. The van der Waals surface area contributed by atoms with Crippen molar-refractivity contribution in [1.82, 2.24) is 0 Å². The van der Waals surface area contributed by atoms with E-state index in [1.807, 2.05) is 43.3 Å². The number of aryl methyl sites for hydroxylation is 1. The molecular formula is C18H19ClO. The lowest BCUT2D eigenvalue weighted by Gasteiger charge is -2.19. The molecule has 0 saturated heterocycles. The Labute approximate surface area is 125 Å². The van der Waals surface area contributed by atoms with Crippen LogP contribution in [0.1, 0.15) is 47.8 Å². The van der Waals surface area contributed by atoms with Gasteiger partial charge in [-0.15, -0.1) is 0 Å². The van der Waals surface area contributed by atoms with E-state index in [1.165, 1.54) is 5.56 Å². The first-order chi connectivity index (χ1) is 9.30. The molecule has 0 amide bonds. The van der Waals surface area contributed by atoms with Crippen LogP contribution in [0, 0.1) is 6.92 Å². The molecule has 104 valence electrons. The van der Waals surface area contributed by atoms with Gasteiger partial charge in [-0.2, -0.15) is 0 Å². The Morgan fingerprint density at radius 2 is 1.60 bits per heavy atom. The topological polar surface area (TPSA) is 17.1 Å². The summed E-state index contributed by atoms with van der Waals surface area (Å²) in [5.41, 5.74) is 3.46. The summed E-state index contributed by atoms with van der Waals surface area (Å²) in [7, 11) is 0. The summed E-state index contributed by atoms with van der Waals surface area (Å²) in [6.45, 7) is 8.37. The predicted octanol–water partition coefficient (Wildman–Crippen LogP) is 5.18. The second-order valence-corrected chi connectivity index (χ2v) is 6.47. The second kappa shape index (κ2) is 5.41. The van der Waals surface area contributed by atoms with Crippen molar-refractivity contribution in [3.8, 4) is 0 Å². The maximum atomic E-state index is 12.5. The summed E-state index contributed by atoms with van der Waals surface area (Å²) in [5, 5.41) is 0.539. The van der Waals surface area contributed by atoms with Crippen LogP contribution in [0.4, 0.5) is 0 Å². The van der Waals surface area contributed by atoms with E-state index in [2.05, 4.69) is 20.8 Å². The number of carbonyl (C=O) groups is 1. The fourth-order valence-corrected chi connectivity index (χ4v) is 2.31. The maximum absolute atomic E-state index is 12.5. The zero-order chi connectivity index (χ0) is 14.9. The molecule has 0 heterocycles. The van der Waals surface area contributed by atoms with E-state index in [-0.39, 0.29) is 11.2 Å². The van der Waals surface area contributed by atoms with E-state index >= 15 is 0 Å². The summed E-state index contributed by atoms with van der Waals surface area (Å²) in [6, 6.07) is 13.3. The minimum atomic E-state index is -0.0286. The fraction of sp³-hybridized carbons (Fsp3) is 0.278. The molecule has 0 N–H and O–H groups in total. The quantitative estimate of drug-likeness (QED) is 0.696. The van der Waals surface area contributed by atoms with Crippen molar-refractivity contribution < 1.29 is 4.79 Å². The Hall–Kier alpha value is -1.60. The Morgan fingerprint density at radius 1 is 1.00 bits per heavy atom. The van der Waals surface area contributed by atoms with E-state index < -0.39 is 0 Å². The van der Waals surface area contributed by atoms with E-state index in [0.29, 0.717) is 16.1 Å². The average molecular weight is 287 g/mol. The van der Waals surface area contributed by atoms with Crippen molar-refractivity contribution in [3.63, 3.8) is 0 Å². The third-order valence-corrected chi connectivity index (χ3v) is 3.95. The zero-order valence-electron chi connectivity index (χ0n) is 12.3. The number of ketones is 1. The highest BCUT2D eigenvalue weighted by Gasteiger charge is 2.16. The van der Waals surface area contributed by atoms with Gasteiger partial charge in [0.15, 0.2) is 5.78 Å². The normalized spacial score (nSPS) is 11.4. The molecule has 2 aromatic carbocycles. The molecular weight excluding hydrogens is 268 g/mol. The molecule has 0 fully saturated rings. The van der Waals surface area contributed by atoms with Crippen LogP contribution in [0.3, 0.4) is 0 Å². The van der Waals surface area contributed by atoms with Crippen molar-refractivity contribution in [2.45, 2.75) is 33.1 Å². The summed E-state index contributed by atoms with van der Waals surface area (Å²) in [5.74, 6) is -0.0286. The van der Waals surface area contributed by atoms with Crippen LogP contribution in [-0.2, 0) is 5.41 Å². The molecule has 20 heavy (non-hydrogen) atoms. The molecule has 0 spiro atoms. The van der Waals surface area contributed by atoms with Gasteiger partial charge < -0.3 is 0 Å². The number of halogens is 1. The van der Waals surface area contributed by atoms with Crippen LogP contribution in [0.25, 0.3) is 0 Å². The first-order valence-electron chi connectivity index (χ1n) is 6.71. The monoisotopic (exact) mass is 286 g/mol. The van der Waals surface area contributed by atoms with Crippen molar-refractivity contribution >= 4 is 17.4 Å². The lowest BCUT2D eigenvalue weighted by atomic mass is 9.86. The van der Waals surface area contributed by atoms with Gasteiger partial charge in [0.05, 0.1) is 5.02 Å². The van der Waals surface area contributed by atoms with Gasteiger partial charge in [0.25, 0.3) is 0 Å². The van der Waals surface area contributed by atoms with E-state index in [4.69, 9.17) is 11.6 Å². The minimum Gasteiger partial charge on any atom is -0.289 e. The first-order valence-corrected chi connectivity index (χ1v) is 7.09. The number of benzene rings is 2. The predicted molar refractivity (Wildman–Crippen MR) is 84.8 cm³/mol. The fourth-order valence-electron chi connectivity index (χ4n) is 2.10. The Bertz CT molecular complexity index is 633. The highest BCUT2D eigenvalue weighted by molar-refractivity contribution is 6.35. The molecule has 0 aliphatic carbocycles. The molecule has 2 aromatic rings.